The number of hydrogen-bond donors (Lipinski definition) is 2. The van der Waals surface area contributed by atoms with Gasteiger partial charge in [0.15, 0.2) is 0 Å². The fraction of sp³-hybridized carbons (Fsp3) is 0.176. The molecular formula is C17H17N5O. The lowest BCUT2D eigenvalue weighted by molar-refractivity contribution is -0.120. The number of carbonyl (C=O) groups excluding carboxylic acids is 1. The van der Waals surface area contributed by atoms with E-state index in [1.807, 2.05) is 55.5 Å². The summed E-state index contributed by atoms with van der Waals surface area (Å²) in [6, 6.07) is 14.8. The van der Waals surface area contributed by atoms with Crippen molar-refractivity contribution in [3.8, 4) is 0 Å². The van der Waals surface area contributed by atoms with Gasteiger partial charge in [0.05, 0.1) is 5.69 Å². The van der Waals surface area contributed by atoms with E-state index >= 15 is 0 Å². The van der Waals surface area contributed by atoms with Crippen LogP contribution >= 0.6 is 0 Å². The summed E-state index contributed by atoms with van der Waals surface area (Å²) in [5, 5.41) is 9.69. The first-order valence-electron chi connectivity index (χ1n) is 7.41. The van der Waals surface area contributed by atoms with Crippen molar-refractivity contribution in [3.05, 3.63) is 72.6 Å². The summed E-state index contributed by atoms with van der Waals surface area (Å²) in [7, 11) is 0. The standard InChI is InChI=1S/C17H17N5O/c1-2-17(15-19-12-20-22-15,14-10-6-7-11-18-14)16(23)21-13-8-4-3-5-9-13/h3-12H,2H2,1H3,(H,21,23)(H,19,20,22). The Hall–Kier alpha value is -3.02. The molecule has 1 amide bonds. The molecule has 6 heteroatoms. The number of nitrogens with zero attached hydrogens (tertiary/aromatic N) is 3. The van der Waals surface area contributed by atoms with Crippen LogP contribution in [0.2, 0.25) is 0 Å². The molecule has 0 radical (unpaired) electrons. The largest absolute Gasteiger partial charge is 0.325 e. The third-order valence-corrected chi connectivity index (χ3v) is 3.87. The topological polar surface area (TPSA) is 83.6 Å². The van der Waals surface area contributed by atoms with Crippen LogP contribution in [0.1, 0.15) is 24.9 Å². The zero-order valence-electron chi connectivity index (χ0n) is 12.7. The van der Waals surface area contributed by atoms with Gasteiger partial charge in [0, 0.05) is 11.9 Å². The van der Waals surface area contributed by atoms with Gasteiger partial charge in [-0.05, 0) is 30.7 Å². The highest BCUT2D eigenvalue weighted by atomic mass is 16.2. The second-order valence-corrected chi connectivity index (χ2v) is 5.13. The Labute approximate surface area is 134 Å². The molecule has 2 heterocycles. The molecule has 23 heavy (non-hydrogen) atoms. The van der Waals surface area contributed by atoms with E-state index in [9.17, 15) is 4.79 Å². The number of anilines is 1. The maximum Gasteiger partial charge on any atom is 0.244 e. The predicted octanol–water partition coefficient (Wildman–Crippen LogP) is 2.53. The van der Waals surface area contributed by atoms with Crippen LogP contribution in [0.4, 0.5) is 5.69 Å². The van der Waals surface area contributed by atoms with Crippen LogP contribution < -0.4 is 5.32 Å². The quantitative estimate of drug-likeness (QED) is 0.758. The van der Waals surface area contributed by atoms with Crippen LogP contribution in [-0.2, 0) is 10.2 Å². The number of rotatable bonds is 5. The van der Waals surface area contributed by atoms with Crippen molar-refractivity contribution in [2.75, 3.05) is 5.32 Å². The highest BCUT2D eigenvalue weighted by Crippen LogP contribution is 2.33. The van der Waals surface area contributed by atoms with Gasteiger partial charge >= 0.3 is 0 Å². The molecule has 0 fully saturated rings. The van der Waals surface area contributed by atoms with Gasteiger partial charge in [-0.25, -0.2) is 4.98 Å². The highest BCUT2D eigenvalue weighted by molar-refractivity contribution is 6.00. The molecule has 1 unspecified atom stereocenters. The molecule has 1 aromatic carbocycles. The van der Waals surface area contributed by atoms with Crippen molar-refractivity contribution in [2.45, 2.75) is 18.8 Å². The summed E-state index contributed by atoms with van der Waals surface area (Å²) in [4.78, 5) is 21.7. The molecule has 1 atom stereocenters. The summed E-state index contributed by atoms with van der Waals surface area (Å²) < 4.78 is 0. The van der Waals surface area contributed by atoms with E-state index < -0.39 is 5.41 Å². The molecule has 3 aromatic rings. The molecule has 0 saturated heterocycles. The molecule has 0 aliphatic carbocycles. The lowest BCUT2D eigenvalue weighted by atomic mass is 9.79. The molecule has 0 bridgehead atoms. The number of nitrogens with one attached hydrogen (secondary N) is 2. The monoisotopic (exact) mass is 307 g/mol. The zero-order valence-corrected chi connectivity index (χ0v) is 12.7. The third kappa shape index (κ3) is 2.70. The van der Waals surface area contributed by atoms with Gasteiger partial charge in [-0.1, -0.05) is 31.2 Å². The molecule has 0 spiro atoms. The van der Waals surface area contributed by atoms with Crippen LogP contribution in [0.3, 0.4) is 0 Å². The first-order valence-corrected chi connectivity index (χ1v) is 7.41. The SMILES string of the molecule is CCC(C(=O)Nc1ccccc1)(c1ccccn1)c1ncn[nH]1. The third-order valence-electron chi connectivity index (χ3n) is 3.87. The van der Waals surface area contributed by atoms with Crippen molar-refractivity contribution < 1.29 is 4.79 Å². The Balaban J connectivity index is 2.07. The van der Waals surface area contributed by atoms with Gasteiger partial charge in [0.1, 0.15) is 17.6 Å². The molecule has 6 nitrogen and oxygen atoms in total. The van der Waals surface area contributed by atoms with Gasteiger partial charge in [0.25, 0.3) is 0 Å². The normalized spacial score (nSPS) is 13.3. The number of pyridine rings is 1. The van der Waals surface area contributed by atoms with Crippen molar-refractivity contribution in [1.82, 2.24) is 20.2 Å². The average molecular weight is 307 g/mol. The first-order chi connectivity index (χ1) is 11.3. The maximum absolute atomic E-state index is 13.1. The van der Waals surface area contributed by atoms with Crippen molar-refractivity contribution in [2.24, 2.45) is 0 Å². The number of hydrogen-bond acceptors (Lipinski definition) is 4. The summed E-state index contributed by atoms with van der Waals surface area (Å²) >= 11 is 0. The summed E-state index contributed by atoms with van der Waals surface area (Å²) in [5.74, 6) is 0.286. The number of aromatic nitrogens is 4. The summed E-state index contributed by atoms with van der Waals surface area (Å²) in [6.45, 7) is 1.93. The smallest absolute Gasteiger partial charge is 0.244 e. The van der Waals surface area contributed by atoms with Crippen LogP contribution in [0.15, 0.2) is 61.1 Å². The van der Waals surface area contributed by atoms with Crippen molar-refractivity contribution >= 4 is 11.6 Å². The highest BCUT2D eigenvalue weighted by Gasteiger charge is 2.44. The molecule has 116 valence electrons. The molecular weight excluding hydrogens is 290 g/mol. The fourth-order valence-corrected chi connectivity index (χ4v) is 2.64. The number of benzene rings is 1. The Bertz CT molecular complexity index is 758. The average Bonchev–Trinajstić information content (AvgIpc) is 3.13. The Morgan fingerprint density at radius 3 is 2.52 bits per heavy atom. The van der Waals surface area contributed by atoms with Gasteiger partial charge in [-0.3, -0.25) is 14.9 Å². The molecule has 0 aliphatic rings. The fourth-order valence-electron chi connectivity index (χ4n) is 2.64. The van der Waals surface area contributed by atoms with E-state index in [4.69, 9.17) is 0 Å². The number of aromatic amines is 1. The van der Waals surface area contributed by atoms with Gasteiger partial charge < -0.3 is 5.32 Å². The first kappa shape index (κ1) is 14.9. The summed E-state index contributed by atoms with van der Waals surface area (Å²) in [6.07, 6.45) is 3.57. The van der Waals surface area contributed by atoms with Crippen molar-refractivity contribution in [3.63, 3.8) is 0 Å². The number of H-pyrrole nitrogens is 1. The Morgan fingerprint density at radius 2 is 1.91 bits per heavy atom. The van der Waals surface area contributed by atoms with Gasteiger partial charge in [-0.15, -0.1) is 0 Å². The van der Waals surface area contributed by atoms with E-state index in [2.05, 4.69) is 25.5 Å². The lowest BCUT2D eigenvalue weighted by Crippen LogP contribution is -2.42. The second kappa shape index (κ2) is 6.39. The predicted molar refractivity (Wildman–Crippen MR) is 86.8 cm³/mol. The van der Waals surface area contributed by atoms with E-state index in [-0.39, 0.29) is 5.91 Å². The van der Waals surface area contributed by atoms with Gasteiger partial charge in [0.2, 0.25) is 5.91 Å². The van der Waals surface area contributed by atoms with E-state index in [1.54, 1.807) is 6.20 Å². The van der Waals surface area contributed by atoms with Crippen molar-refractivity contribution in [1.29, 1.82) is 0 Å². The van der Waals surface area contributed by atoms with Crippen LogP contribution in [0, 0.1) is 0 Å². The van der Waals surface area contributed by atoms with Crippen LogP contribution in [0.25, 0.3) is 0 Å². The number of para-hydroxylation sites is 1. The molecule has 0 aliphatic heterocycles. The number of carbonyl (C=O) groups is 1. The van der Waals surface area contributed by atoms with E-state index in [1.165, 1.54) is 6.33 Å². The minimum atomic E-state index is -1.02. The molecule has 0 saturated carbocycles. The second-order valence-electron chi connectivity index (χ2n) is 5.13. The van der Waals surface area contributed by atoms with Gasteiger partial charge in [-0.2, -0.15) is 5.10 Å². The maximum atomic E-state index is 13.1. The van der Waals surface area contributed by atoms with E-state index in [0.29, 0.717) is 17.9 Å². The minimum absolute atomic E-state index is 0.193. The molecule has 2 aromatic heterocycles. The lowest BCUT2D eigenvalue weighted by Gasteiger charge is -2.28. The Kier molecular flexibility index (Phi) is 4.14. The molecule has 3 rings (SSSR count). The minimum Gasteiger partial charge on any atom is -0.325 e. The van der Waals surface area contributed by atoms with E-state index in [0.717, 1.165) is 5.69 Å². The number of amides is 1. The van der Waals surface area contributed by atoms with Crippen LogP contribution in [-0.4, -0.2) is 26.1 Å². The van der Waals surface area contributed by atoms with Crippen LogP contribution in [0.5, 0.6) is 0 Å². The Morgan fingerprint density at radius 1 is 1.13 bits per heavy atom. The zero-order chi connectivity index (χ0) is 16.1. The summed E-state index contributed by atoms with van der Waals surface area (Å²) in [5.41, 5.74) is 0.339. The molecule has 2 N–H and O–H groups in total.